The summed E-state index contributed by atoms with van der Waals surface area (Å²) in [5, 5.41) is 19.7. The number of esters is 1. The predicted molar refractivity (Wildman–Crippen MR) is 101 cm³/mol. The standard InChI is InChI=1S/C18H11BrClN3O3/c19-10-5-6-13(20)11(7-10)18(25)26-9-16(24)12(8-21)17-22-14-3-1-2-4-15(14)23-17/h1-7,24H,9H2,(H,22,23)/b16-12-. The average Bonchev–Trinajstić information content (AvgIpc) is 3.06. The maximum atomic E-state index is 12.1. The van der Waals surface area contributed by atoms with Crippen LogP contribution < -0.4 is 0 Å². The number of ether oxygens (including phenoxy) is 1. The van der Waals surface area contributed by atoms with E-state index in [-0.39, 0.29) is 22.0 Å². The highest BCUT2D eigenvalue weighted by Gasteiger charge is 2.17. The van der Waals surface area contributed by atoms with Gasteiger partial charge >= 0.3 is 5.97 Å². The summed E-state index contributed by atoms with van der Waals surface area (Å²) >= 11 is 9.22. The molecule has 0 unspecified atom stereocenters. The van der Waals surface area contributed by atoms with Gasteiger partial charge in [0.05, 0.1) is 21.6 Å². The van der Waals surface area contributed by atoms with Gasteiger partial charge in [0.2, 0.25) is 0 Å². The highest BCUT2D eigenvalue weighted by Crippen LogP contribution is 2.23. The summed E-state index contributed by atoms with van der Waals surface area (Å²) in [6.45, 7) is -0.485. The van der Waals surface area contributed by atoms with Crippen molar-refractivity contribution in [1.29, 1.82) is 5.26 Å². The van der Waals surface area contributed by atoms with Gasteiger partial charge in [0, 0.05) is 4.47 Å². The van der Waals surface area contributed by atoms with Crippen molar-refractivity contribution in [1.82, 2.24) is 9.97 Å². The number of hydrogen-bond donors (Lipinski definition) is 2. The number of aliphatic hydroxyl groups is 1. The molecule has 0 aliphatic rings. The molecule has 0 saturated carbocycles. The van der Waals surface area contributed by atoms with Gasteiger partial charge in [0.15, 0.2) is 11.6 Å². The number of carbonyl (C=O) groups is 1. The molecule has 0 aliphatic carbocycles. The summed E-state index contributed by atoms with van der Waals surface area (Å²) in [4.78, 5) is 19.3. The number of hydrogen-bond acceptors (Lipinski definition) is 5. The van der Waals surface area contributed by atoms with E-state index in [4.69, 9.17) is 16.3 Å². The van der Waals surface area contributed by atoms with Crippen LogP contribution >= 0.6 is 27.5 Å². The first-order valence-corrected chi connectivity index (χ1v) is 8.56. The van der Waals surface area contributed by atoms with E-state index < -0.39 is 18.3 Å². The van der Waals surface area contributed by atoms with E-state index in [9.17, 15) is 15.2 Å². The number of nitriles is 1. The molecule has 8 heteroatoms. The zero-order chi connectivity index (χ0) is 18.7. The Kier molecular flexibility index (Phi) is 5.26. The lowest BCUT2D eigenvalue weighted by atomic mass is 10.2. The van der Waals surface area contributed by atoms with Crippen molar-refractivity contribution in [2.24, 2.45) is 0 Å². The van der Waals surface area contributed by atoms with Crippen molar-refractivity contribution >= 4 is 50.1 Å². The molecule has 1 heterocycles. The molecule has 0 radical (unpaired) electrons. The van der Waals surface area contributed by atoms with Gasteiger partial charge in [-0.25, -0.2) is 9.78 Å². The Morgan fingerprint density at radius 3 is 2.85 bits per heavy atom. The van der Waals surface area contributed by atoms with Crippen LogP contribution in [0.25, 0.3) is 16.6 Å². The van der Waals surface area contributed by atoms with E-state index in [2.05, 4.69) is 25.9 Å². The van der Waals surface area contributed by atoms with Crippen LogP contribution in [-0.2, 0) is 4.74 Å². The second kappa shape index (κ2) is 7.60. The number of allylic oxidation sites excluding steroid dienone is 1. The number of aliphatic hydroxyl groups excluding tert-OH is 1. The van der Waals surface area contributed by atoms with Crippen LogP contribution in [0.5, 0.6) is 0 Å². The first kappa shape index (κ1) is 18.0. The zero-order valence-corrected chi connectivity index (χ0v) is 15.5. The summed E-state index contributed by atoms with van der Waals surface area (Å²) in [6.07, 6.45) is 0. The maximum Gasteiger partial charge on any atom is 0.340 e. The van der Waals surface area contributed by atoms with Crippen LogP contribution in [0, 0.1) is 11.3 Å². The molecule has 6 nitrogen and oxygen atoms in total. The Morgan fingerprint density at radius 1 is 1.35 bits per heavy atom. The van der Waals surface area contributed by atoms with E-state index in [1.807, 2.05) is 18.2 Å². The molecule has 2 N–H and O–H groups in total. The third-order valence-electron chi connectivity index (χ3n) is 3.51. The van der Waals surface area contributed by atoms with E-state index in [0.717, 1.165) is 5.52 Å². The summed E-state index contributed by atoms with van der Waals surface area (Å²) in [7, 11) is 0. The molecule has 26 heavy (non-hydrogen) atoms. The van der Waals surface area contributed by atoms with Gasteiger partial charge in [-0.1, -0.05) is 39.7 Å². The first-order valence-electron chi connectivity index (χ1n) is 7.39. The Bertz CT molecular complexity index is 1040. The highest BCUT2D eigenvalue weighted by molar-refractivity contribution is 9.10. The van der Waals surface area contributed by atoms with Crippen molar-refractivity contribution in [3.8, 4) is 6.07 Å². The van der Waals surface area contributed by atoms with Gasteiger partial charge < -0.3 is 14.8 Å². The first-order chi connectivity index (χ1) is 12.5. The molecule has 0 fully saturated rings. The zero-order valence-electron chi connectivity index (χ0n) is 13.2. The van der Waals surface area contributed by atoms with Gasteiger partial charge in [-0.2, -0.15) is 5.26 Å². The van der Waals surface area contributed by atoms with E-state index in [1.165, 1.54) is 6.07 Å². The number of imidazole rings is 1. The lowest BCUT2D eigenvalue weighted by molar-refractivity contribution is 0.0503. The van der Waals surface area contributed by atoms with Crippen LogP contribution in [0.2, 0.25) is 5.02 Å². The fraction of sp³-hybridized carbons (Fsp3) is 0.0556. The van der Waals surface area contributed by atoms with Crippen molar-refractivity contribution in [3.05, 3.63) is 69.1 Å². The smallest absolute Gasteiger partial charge is 0.340 e. The summed E-state index contributed by atoms with van der Waals surface area (Å²) in [5.41, 5.74) is 1.42. The lowest BCUT2D eigenvalue weighted by Crippen LogP contribution is -2.10. The highest BCUT2D eigenvalue weighted by atomic mass is 79.9. The number of rotatable bonds is 4. The predicted octanol–water partition coefficient (Wildman–Crippen LogP) is 4.63. The molecule has 0 spiro atoms. The van der Waals surface area contributed by atoms with Gasteiger partial charge in [-0.05, 0) is 30.3 Å². The number of nitrogens with zero attached hydrogens (tertiary/aromatic N) is 2. The van der Waals surface area contributed by atoms with Gasteiger partial charge in [0.25, 0.3) is 0 Å². The molecule has 0 atom stereocenters. The fourth-order valence-corrected chi connectivity index (χ4v) is 2.82. The van der Waals surface area contributed by atoms with E-state index in [0.29, 0.717) is 9.99 Å². The third kappa shape index (κ3) is 3.72. The number of aromatic nitrogens is 2. The molecular weight excluding hydrogens is 422 g/mol. The van der Waals surface area contributed by atoms with Crippen LogP contribution in [-0.4, -0.2) is 27.7 Å². The molecule has 0 bridgehead atoms. The minimum atomic E-state index is -0.718. The Morgan fingerprint density at radius 2 is 2.12 bits per heavy atom. The number of halogens is 2. The monoisotopic (exact) mass is 431 g/mol. The van der Waals surface area contributed by atoms with Crippen molar-refractivity contribution in [2.75, 3.05) is 6.61 Å². The van der Waals surface area contributed by atoms with E-state index >= 15 is 0 Å². The fourth-order valence-electron chi connectivity index (χ4n) is 2.26. The third-order valence-corrected chi connectivity index (χ3v) is 4.34. The number of carbonyl (C=O) groups excluding carboxylic acids is 1. The lowest BCUT2D eigenvalue weighted by Gasteiger charge is -2.07. The summed E-state index contributed by atoms with van der Waals surface area (Å²) in [5.74, 6) is -0.932. The number of nitrogens with one attached hydrogen (secondary N) is 1. The molecule has 3 aromatic rings. The number of aromatic amines is 1. The molecule has 130 valence electrons. The topological polar surface area (TPSA) is 99.0 Å². The maximum absolute atomic E-state index is 12.1. The molecule has 0 saturated heterocycles. The van der Waals surface area contributed by atoms with Gasteiger partial charge in [-0.3, -0.25) is 0 Å². The number of H-pyrrole nitrogens is 1. The van der Waals surface area contributed by atoms with Crippen molar-refractivity contribution in [3.63, 3.8) is 0 Å². The Balaban J connectivity index is 1.82. The van der Waals surface area contributed by atoms with Crippen molar-refractivity contribution in [2.45, 2.75) is 0 Å². The molecule has 3 rings (SSSR count). The molecular formula is C18H11BrClN3O3. The normalized spacial score (nSPS) is 11.7. The van der Waals surface area contributed by atoms with Gasteiger partial charge in [0.1, 0.15) is 18.2 Å². The molecule has 2 aromatic carbocycles. The van der Waals surface area contributed by atoms with Crippen LogP contribution in [0.15, 0.2) is 52.7 Å². The van der Waals surface area contributed by atoms with Gasteiger partial charge in [-0.15, -0.1) is 0 Å². The quantitative estimate of drug-likeness (QED) is 0.356. The second-order valence-corrected chi connectivity index (χ2v) is 6.56. The molecule has 1 aromatic heterocycles. The molecule has 0 amide bonds. The molecule has 0 aliphatic heterocycles. The van der Waals surface area contributed by atoms with Crippen LogP contribution in [0.4, 0.5) is 0 Å². The van der Waals surface area contributed by atoms with Crippen LogP contribution in [0.3, 0.4) is 0 Å². The van der Waals surface area contributed by atoms with E-state index in [1.54, 1.807) is 24.3 Å². The number of para-hydroxylation sites is 2. The second-order valence-electron chi connectivity index (χ2n) is 5.24. The summed E-state index contributed by atoms with van der Waals surface area (Å²) in [6, 6.07) is 13.8. The Hall–Kier alpha value is -2.82. The minimum Gasteiger partial charge on any atom is -0.507 e. The number of fused-ring (bicyclic) bond motifs is 1. The summed E-state index contributed by atoms with van der Waals surface area (Å²) < 4.78 is 5.72. The minimum absolute atomic E-state index is 0.102. The SMILES string of the molecule is N#C/C(=C(/O)COC(=O)c1cc(Br)ccc1Cl)c1nc2ccccc2[nH]1. The average molecular weight is 433 g/mol. The van der Waals surface area contributed by atoms with Crippen molar-refractivity contribution < 1.29 is 14.6 Å². The van der Waals surface area contributed by atoms with Crippen LogP contribution in [0.1, 0.15) is 16.2 Å². The number of benzene rings is 2. The Labute approximate surface area is 161 Å². The largest absolute Gasteiger partial charge is 0.507 e.